The summed E-state index contributed by atoms with van der Waals surface area (Å²) < 4.78 is 5.58. The van der Waals surface area contributed by atoms with E-state index in [1.54, 1.807) is 12.1 Å². The Kier molecular flexibility index (Phi) is 4.27. The van der Waals surface area contributed by atoms with Crippen LogP contribution < -0.4 is 4.90 Å². The number of rotatable bonds is 3. The van der Waals surface area contributed by atoms with Crippen LogP contribution in [0.25, 0.3) is 0 Å². The summed E-state index contributed by atoms with van der Waals surface area (Å²) in [6, 6.07) is 5.36. The predicted molar refractivity (Wildman–Crippen MR) is 74.9 cm³/mol. The third-order valence-electron chi connectivity index (χ3n) is 3.34. The van der Waals surface area contributed by atoms with E-state index in [2.05, 4.69) is 11.8 Å². The number of hydrogen-bond acceptors (Lipinski definition) is 4. The molecule has 0 aliphatic carbocycles. The van der Waals surface area contributed by atoms with E-state index < -0.39 is 4.92 Å². The molecule has 1 heterocycles. The van der Waals surface area contributed by atoms with E-state index in [0.717, 1.165) is 12.2 Å². The van der Waals surface area contributed by atoms with Crippen molar-refractivity contribution < 1.29 is 9.66 Å². The summed E-state index contributed by atoms with van der Waals surface area (Å²) in [4.78, 5) is 12.7. The van der Waals surface area contributed by atoms with Gasteiger partial charge in [0.1, 0.15) is 0 Å². The number of nitro benzene ring substituents is 1. The SMILES string of the molecule is CC1CN(c2ccc([N+](=O)[O-])c(CCl)c2)C(C)CO1. The Hall–Kier alpha value is -1.33. The van der Waals surface area contributed by atoms with Gasteiger partial charge in [0, 0.05) is 29.9 Å². The Bertz CT molecular complexity index is 481. The molecule has 104 valence electrons. The van der Waals surface area contributed by atoms with Gasteiger partial charge in [0.25, 0.3) is 5.69 Å². The molecule has 1 aromatic carbocycles. The first-order chi connectivity index (χ1) is 9.02. The van der Waals surface area contributed by atoms with Crippen molar-refractivity contribution in [3.63, 3.8) is 0 Å². The van der Waals surface area contributed by atoms with Crippen molar-refractivity contribution in [1.29, 1.82) is 0 Å². The van der Waals surface area contributed by atoms with Gasteiger partial charge >= 0.3 is 0 Å². The molecule has 0 spiro atoms. The first kappa shape index (κ1) is 14.1. The number of anilines is 1. The molecule has 0 radical (unpaired) electrons. The molecule has 0 N–H and O–H groups in total. The molecule has 1 saturated heterocycles. The number of morpholine rings is 1. The monoisotopic (exact) mass is 284 g/mol. The van der Waals surface area contributed by atoms with Gasteiger partial charge in [0.05, 0.1) is 23.5 Å². The Morgan fingerprint density at radius 3 is 2.89 bits per heavy atom. The fraction of sp³-hybridized carbons (Fsp3) is 0.538. The van der Waals surface area contributed by atoms with Crippen molar-refractivity contribution in [3.05, 3.63) is 33.9 Å². The molecular weight excluding hydrogens is 268 g/mol. The summed E-state index contributed by atoms with van der Waals surface area (Å²) in [6.07, 6.45) is 0.158. The molecule has 2 atom stereocenters. The Labute approximate surface area is 117 Å². The van der Waals surface area contributed by atoms with E-state index in [1.165, 1.54) is 6.07 Å². The maximum atomic E-state index is 10.9. The molecule has 1 aromatic rings. The maximum absolute atomic E-state index is 10.9. The molecule has 0 aromatic heterocycles. The highest BCUT2D eigenvalue weighted by molar-refractivity contribution is 6.17. The number of nitrogens with zero attached hydrogens (tertiary/aromatic N) is 2. The highest BCUT2D eigenvalue weighted by Gasteiger charge is 2.25. The van der Waals surface area contributed by atoms with Crippen LogP contribution in [0.5, 0.6) is 0 Å². The first-order valence-electron chi connectivity index (χ1n) is 6.24. The van der Waals surface area contributed by atoms with Crippen LogP contribution in [0, 0.1) is 10.1 Å². The van der Waals surface area contributed by atoms with Crippen LogP contribution in [-0.4, -0.2) is 30.2 Å². The first-order valence-corrected chi connectivity index (χ1v) is 6.78. The van der Waals surface area contributed by atoms with Gasteiger partial charge in [-0.1, -0.05) is 0 Å². The summed E-state index contributed by atoms with van der Waals surface area (Å²) in [5.41, 5.74) is 1.59. The Morgan fingerprint density at radius 2 is 2.26 bits per heavy atom. The fourth-order valence-electron chi connectivity index (χ4n) is 2.30. The number of ether oxygens (including phenoxy) is 1. The van der Waals surface area contributed by atoms with E-state index in [1.807, 2.05) is 6.92 Å². The highest BCUT2D eigenvalue weighted by atomic mass is 35.5. The van der Waals surface area contributed by atoms with Gasteiger partial charge in [-0.3, -0.25) is 10.1 Å². The zero-order valence-corrected chi connectivity index (χ0v) is 11.8. The van der Waals surface area contributed by atoms with Crippen molar-refractivity contribution >= 4 is 23.0 Å². The molecule has 0 saturated carbocycles. The number of halogens is 1. The maximum Gasteiger partial charge on any atom is 0.273 e. The molecule has 1 aliphatic rings. The second-order valence-corrected chi connectivity index (χ2v) is 5.12. The van der Waals surface area contributed by atoms with E-state index in [-0.39, 0.29) is 23.7 Å². The quantitative estimate of drug-likeness (QED) is 0.486. The van der Waals surface area contributed by atoms with Gasteiger partial charge in [-0.05, 0) is 26.0 Å². The van der Waals surface area contributed by atoms with Gasteiger partial charge in [0.2, 0.25) is 0 Å². The van der Waals surface area contributed by atoms with Gasteiger partial charge in [-0.2, -0.15) is 0 Å². The van der Waals surface area contributed by atoms with E-state index in [4.69, 9.17) is 16.3 Å². The molecule has 0 bridgehead atoms. The summed E-state index contributed by atoms with van der Waals surface area (Å²) in [5.74, 6) is 0.137. The largest absolute Gasteiger partial charge is 0.375 e. The second-order valence-electron chi connectivity index (χ2n) is 4.85. The van der Waals surface area contributed by atoms with E-state index in [0.29, 0.717) is 12.2 Å². The summed E-state index contributed by atoms with van der Waals surface area (Å²) in [7, 11) is 0. The van der Waals surface area contributed by atoms with Crippen LogP contribution in [0.15, 0.2) is 18.2 Å². The van der Waals surface area contributed by atoms with Crippen LogP contribution in [0.1, 0.15) is 19.4 Å². The fourth-order valence-corrected chi connectivity index (χ4v) is 2.51. The van der Waals surface area contributed by atoms with Gasteiger partial charge in [-0.15, -0.1) is 11.6 Å². The average molecular weight is 285 g/mol. The van der Waals surface area contributed by atoms with Crippen molar-refractivity contribution in [2.45, 2.75) is 31.9 Å². The topological polar surface area (TPSA) is 55.6 Å². The number of alkyl halides is 1. The zero-order valence-electron chi connectivity index (χ0n) is 11.0. The Balaban J connectivity index is 2.32. The third-order valence-corrected chi connectivity index (χ3v) is 3.63. The van der Waals surface area contributed by atoms with Crippen molar-refractivity contribution in [1.82, 2.24) is 0 Å². The molecule has 0 amide bonds. The lowest BCUT2D eigenvalue weighted by Gasteiger charge is -2.38. The Morgan fingerprint density at radius 1 is 1.53 bits per heavy atom. The standard InChI is InChI=1S/C13H17ClN2O3/c1-9-8-19-10(2)7-15(9)12-3-4-13(16(17)18)11(5-12)6-14/h3-5,9-10H,6-8H2,1-2H3. The number of hydrogen-bond donors (Lipinski definition) is 0. The summed E-state index contributed by atoms with van der Waals surface area (Å²) in [6.45, 7) is 5.54. The van der Waals surface area contributed by atoms with E-state index in [9.17, 15) is 10.1 Å². The third kappa shape index (κ3) is 2.98. The predicted octanol–water partition coefficient (Wildman–Crippen LogP) is 2.95. The van der Waals surface area contributed by atoms with Crippen LogP contribution in [0.4, 0.5) is 11.4 Å². The van der Waals surface area contributed by atoms with Crippen molar-refractivity contribution in [3.8, 4) is 0 Å². The van der Waals surface area contributed by atoms with Gasteiger partial charge in [-0.25, -0.2) is 0 Å². The average Bonchev–Trinajstić information content (AvgIpc) is 2.40. The smallest absolute Gasteiger partial charge is 0.273 e. The minimum atomic E-state index is -0.396. The minimum Gasteiger partial charge on any atom is -0.375 e. The second kappa shape index (κ2) is 5.75. The molecule has 2 unspecified atom stereocenters. The molecule has 5 nitrogen and oxygen atoms in total. The highest BCUT2D eigenvalue weighted by Crippen LogP contribution is 2.29. The number of benzene rings is 1. The van der Waals surface area contributed by atoms with Crippen LogP contribution in [0.3, 0.4) is 0 Å². The van der Waals surface area contributed by atoms with Crippen LogP contribution in [0.2, 0.25) is 0 Å². The van der Waals surface area contributed by atoms with Crippen LogP contribution >= 0.6 is 11.6 Å². The molecular formula is C13H17ClN2O3. The minimum absolute atomic E-state index is 0.0766. The lowest BCUT2D eigenvalue weighted by molar-refractivity contribution is -0.385. The van der Waals surface area contributed by atoms with Crippen molar-refractivity contribution in [2.24, 2.45) is 0 Å². The van der Waals surface area contributed by atoms with Gasteiger partial charge in [0.15, 0.2) is 0 Å². The summed E-state index contributed by atoms with van der Waals surface area (Å²) in [5, 5.41) is 10.9. The van der Waals surface area contributed by atoms with Gasteiger partial charge < -0.3 is 9.64 Å². The molecule has 1 fully saturated rings. The van der Waals surface area contributed by atoms with Crippen molar-refractivity contribution in [2.75, 3.05) is 18.1 Å². The van der Waals surface area contributed by atoms with Crippen LogP contribution in [-0.2, 0) is 10.6 Å². The molecule has 1 aliphatic heterocycles. The summed E-state index contributed by atoms with van der Waals surface area (Å²) >= 11 is 5.80. The lowest BCUT2D eigenvalue weighted by Crippen LogP contribution is -2.47. The normalized spacial score (nSPS) is 23.4. The van der Waals surface area contributed by atoms with E-state index >= 15 is 0 Å². The zero-order chi connectivity index (χ0) is 14.0. The molecule has 2 rings (SSSR count). The lowest BCUT2D eigenvalue weighted by atomic mass is 10.1. The number of nitro groups is 1. The molecule has 19 heavy (non-hydrogen) atoms. The molecule has 6 heteroatoms.